The molecule has 1 aliphatic rings. The molecule has 1 aromatic heterocycles. The van der Waals surface area contributed by atoms with Crippen LogP contribution in [0.3, 0.4) is 0 Å². The number of methoxy groups -OCH3 is 1. The molecule has 1 aliphatic heterocycles. The van der Waals surface area contributed by atoms with Gasteiger partial charge in [0.25, 0.3) is 5.56 Å². The molecule has 0 aromatic carbocycles. The highest BCUT2D eigenvalue weighted by atomic mass is 31.3. The Bertz CT molecular complexity index is 1530. The first-order valence-corrected chi connectivity index (χ1v) is 16.3. The van der Waals surface area contributed by atoms with Gasteiger partial charge in [0.05, 0.1) is 32.5 Å². The van der Waals surface area contributed by atoms with E-state index < -0.39 is 72.4 Å². The smallest absolute Gasteiger partial charge is 0.382 e. The Morgan fingerprint density at radius 1 is 1.23 bits per heavy atom. The van der Waals surface area contributed by atoms with Gasteiger partial charge in [0, 0.05) is 24.6 Å². The predicted molar refractivity (Wildman–Crippen MR) is 141 cm³/mol. The van der Waals surface area contributed by atoms with Crippen LogP contribution in [-0.4, -0.2) is 94.1 Å². The third-order valence-electron chi connectivity index (χ3n) is 4.95. The third-order valence-corrected chi connectivity index (χ3v) is 8.75. The van der Waals surface area contributed by atoms with Crippen molar-refractivity contribution >= 4 is 29.4 Å². The van der Waals surface area contributed by atoms with E-state index in [0.29, 0.717) is 6.61 Å². The van der Waals surface area contributed by atoms with Gasteiger partial charge in [-0.3, -0.25) is 23.7 Å². The molecule has 1 fully saturated rings. The Labute approximate surface area is 246 Å². The molecule has 0 saturated carbocycles. The number of carbonyl (C=O) groups excluding carboxylic acids is 1. The maximum absolute atomic E-state index is 12.5. The molecule has 3 unspecified atom stereocenters. The van der Waals surface area contributed by atoms with Gasteiger partial charge in [-0.1, -0.05) is 17.0 Å². The normalized spacial score (nSPS) is 20.9. The number of phosphoric ester groups is 1. The summed E-state index contributed by atoms with van der Waals surface area (Å²) in [5.74, 6) is 4.53. The number of nitrogens with zero attached hydrogens (tertiary/aromatic N) is 4. The van der Waals surface area contributed by atoms with Crippen molar-refractivity contribution in [2.75, 3.05) is 46.8 Å². The average molecular weight is 692 g/mol. The molecule has 2 rings (SSSR count). The summed E-state index contributed by atoms with van der Waals surface area (Å²) in [6.45, 7) is -1.44. The van der Waals surface area contributed by atoms with Gasteiger partial charge in [-0.2, -0.15) is 8.62 Å². The highest BCUT2D eigenvalue weighted by Gasteiger charge is 2.43. The van der Waals surface area contributed by atoms with E-state index in [0.717, 1.165) is 10.8 Å². The standard InChI is InChI=1S/C18H27N6O17P3/c1-35-5-6-36-10-15(25)20-4-2-3-12-8-24(18(27)22-17(12)26)16-7-13(37-11-21-23-19)14(39-16)9-38-43(31,32)41-44(33,34)40-42(28,29)30/h8,13-14,16H,4-7,9-11H2,1H3,(H,20,25)(H,31,32)(H,33,34)(H,22,26,27)(H2,28,29,30)/t13?,14-,16-/m1/s1. The monoisotopic (exact) mass is 692 g/mol. The molecule has 0 bridgehead atoms. The average Bonchev–Trinajstić information content (AvgIpc) is 3.29. The Morgan fingerprint density at radius 3 is 2.61 bits per heavy atom. The molecule has 23 nitrogen and oxygen atoms in total. The van der Waals surface area contributed by atoms with E-state index in [9.17, 15) is 37.9 Å². The lowest BCUT2D eigenvalue weighted by Gasteiger charge is -2.20. The number of nitrogens with one attached hydrogen (secondary N) is 2. The van der Waals surface area contributed by atoms with Gasteiger partial charge >= 0.3 is 29.2 Å². The lowest BCUT2D eigenvalue weighted by Crippen LogP contribution is -2.34. The van der Waals surface area contributed by atoms with E-state index in [1.54, 1.807) is 0 Å². The number of ether oxygens (including phenoxy) is 4. The van der Waals surface area contributed by atoms with Crippen LogP contribution in [0.1, 0.15) is 18.2 Å². The minimum Gasteiger partial charge on any atom is -0.382 e. The van der Waals surface area contributed by atoms with Gasteiger partial charge in [-0.25, -0.2) is 18.5 Å². The summed E-state index contributed by atoms with van der Waals surface area (Å²) in [7, 11) is -15.5. The highest BCUT2D eigenvalue weighted by Crippen LogP contribution is 2.66. The fourth-order valence-corrected chi connectivity index (χ4v) is 6.28. The fourth-order valence-electron chi connectivity index (χ4n) is 3.25. The number of carbonyl (C=O) groups is 1. The second-order valence-corrected chi connectivity index (χ2v) is 12.6. The number of aromatic amines is 1. The molecule has 26 heteroatoms. The van der Waals surface area contributed by atoms with Crippen LogP contribution in [0.15, 0.2) is 20.9 Å². The van der Waals surface area contributed by atoms with Crippen molar-refractivity contribution in [2.24, 2.45) is 5.11 Å². The molecule has 0 radical (unpaired) electrons. The minimum absolute atomic E-state index is 0.178. The number of azide groups is 1. The van der Waals surface area contributed by atoms with Crippen LogP contribution in [0.5, 0.6) is 0 Å². The van der Waals surface area contributed by atoms with Gasteiger partial charge in [-0.05, 0) is 5.53 Å². The first-order chi connectivity index (χ1) is 20.6. The molecule has 246 valence electrons. The van der Waals surface area contributed by atoms with Crippen molar-refractivity contribution in [2.45, 2.75) is 24.9 Å². The molecule has 2 heterocycles. The predicted octanol–water partition coefficient (Wildman–Crippen LogP) is -1.05. The number of amides is 1. The number of rotatable bonds is 17. The van der Waals surface area contributed by atoms with Crippen molar-refractivity contribution in [3.63, 3.8) is 0 Å². The van der Waals surface area contributed by atoms with Crippen molar-refractivity contribution in [1.29, 1.82) is 0 Å². The van der Waals surface area contributed by atoms with Gasteiger partial charge in [0.1, 0.15) is 31.2 Å². The topological polar surface area (TPSA) is 329 Å². The molecule has 1 saturated heterocycles. The number of hydrogen-bond donors (Lipinski definition) is 6. The number of hydrogen-bond acceptors (Lipinski definition) is 14. The molecule has 6 N–H and O–H groups in total. The number of H-pyrrole nitrogens is 1. The van der Waals surface area contributed by atoms with E-state index in [1.807, 2.05) is 4.98 Å². The Hall–Kier alpha value is -2.73. The third kappa shape index (κ3) is 13.5. The van der Waals surface area contributed by atoms with E-state index >= 15 is 0 Å². The molecule has 44 heavy (non-hydrogen) atoms. The van der Waals surface area contributed by atoms with Crippen molar-refractivity contribution < 1.29 is 70.2 Å². The number of aromatic nitrogens is 2. The molecule has 0 spiro atoms. The highest BCUT2D eigenvalue weighted by molar-refractivity contribution is 7.66. The first kappa shape index (κ1) is 37.5. The van der Waals surface area contributed by atoms with Gasteiger partial charge in [0.2, 0.25) is 5.91 Å². The van der Waals surface area contributed by atoms with Crippen LogP contribution in [0, 0.1) is 11.8 Å². The number of phosphoric acid groups is 3. The van der Waals surface area contributed by atoms with E-state index in [-0.39, 0.29) is 31.7 Å². The molecule has 0 aliphatic carbocycles. The summed E-state index contributed by atoms with van der Waals surface area (Å²) in [5, 5.41) is 5.61. The molecule has 5 atom stereocenters. The summed E-state index contributed by atoms with van der Waals surface area (Å²) in [6.07, 6.45) is -2.89. The molecule has 1 aromatic rings. The summed E-state index contributed by atoms with van der Waals surface area (Å²) in [5.41, 5.74) is 6.44. The SMILES string of the molecule is COCCOCC(=O)NCC#Cc1cn([C@H]2CC(OCN=[N+]=[N-])[C@@H](COP(=O)(O)OP(=O)(O)OP(=O)(O)O)O2)c(=O)[nH]c1=O. The lowest BCUT2D eigenvalue weighted by atomic mass is 10.2. The first-order valence-electron chi connectivity index (χ1n) is 11.8. The second-order valence-electron chi connectivity index (χ2n) is 8.15. The zero-order valence-corrected chi connectivity index (χ0v) is 25.2. The van der Waals surface area contributed by atoms with E-state index in [2.05, 4.69) is 40.3 Å². The Morgan fingerprint density at radius 2 is 1.95 bits per heavy atom. The van der Waals surface area contributed by atoms with Crippen LogP contribution in [0.4, 0.5) is 0 Å². The molecular formula is C18H27N6O17P3. The maximum Gasteiger partial charge on any atom is 0.490 e. The second kappa shape index (κ2) is 17.1. The van der Waals surface area contributed by atoms with Crippen molar-refractivity contribution in [3.8, 4) is 11.8 Å². The molecular weight excluding hydrogens is 665 g/mol. The van der Waals surface area contributed by atoms with Crippen LogP contribution in [0.25, 0.3) is 10.4 Å². The maximum atomic E-state index is 12.5. The van der Waals surface area contributed by atoms with Crippen LogP contribution in [0.2, 0.25) is 0 Å². The zero-order chi connectivity index (χ0) is 33.0. The van der Waals surface area contributed by atoms with Gasteiger partial charge in [-0.15, -0.1) is 0 Å². The fraction of sp³-hybridized carbons (Fsp3) is 0.611. The van der Waals surface area contributed by atoms with Gasteiger partial charge < -0.3 is 43.8 Å². The minimum atomic E-state index is -5.79. The van der Waals surface area contributed by atoms with E-state index in [4.69, 9.17) is 34.3 Å². The summed E-state index contributed by atoms with van der Waals surface area (Å²) in [6, 6.07) is 0. The quantitative estimate of drug-likeness (QED) is 0.0283. The lowest BCUT2D eigenvalue weighted by molar-refractivity contribution is -0.125. The zero-order valence-electron chi connectivity index (χ0n) is 22.5. The van der Waals surface area contributed by atoms with Crippen LogP contribution < -0.4 is 16.6 Å². The Kier molecular flexibility index (Phi) is 14.6. The van der Waals surface area contributed by atoms with E-state index in [1.165, 1.54) is 7.11 Å². The van der Waals surface area contributed by atoms with Crippen molar-refractivity contribution in [3.05, 3.63) is 43.0 Å². The largest absolute Gasteiger partial charge is 0.490 e. The molecule has 1 amide bonds. The summed E-state index contributed by atoms with van der Waals surface area (Å²) in [4.78, 5) is 77.3. The van der Waals surface area contributed by atoms with Gasteiger partial charge in [0.15, 0.2) is 0 Å². The van der Waals surface area contributed by atoms with Crippen LogP contribution in [-0.2, 0) is 50.6 Å². The van der Waals surface area contributed by atoms with Crippen LogP contribution >= 0.6 is 23.5 Å². The Balaban J connectivity index is 2.15. The summed E-state index contributed by atoms with van der Waals surface area (Å²) < 4.78 is 68.0. The van der Waals surface area contributed by atoms with Crippen molar-refractivity contribution in [1.82, 2.24) is 14.9 Å². The summed E-state index contributed by atoms with van der Waals surface area (Å²) >= 11 is 0.